The summed E-state index contributed by atoms with van der Waals surface area (Å²) in [5, 5.41) is 3.22. The molecule has 0 amide bonds. The van der Waals surface area contributed by atoms with E-state index in [1.54, 1.807) is 14.0 Å². The molecule has 1 fully saturated rings. The van der Waals surface area contributed by atoms with E-state index >= 15 is 0 Å². The van der Waals surface area contributed by atoms with E-state index in [2.05, 4.69) is 5.32 Å². The fourth-order valence-electron chi connectivity index (χ4n) is 1.82. The zero-order chi connectivity index (χ0) is 9.03. The lowest BCUT2D eigenvalue weighted by Gasteiger charge is -2.33. The van der Waals surface area contributed by atoms with Gasteiger partial charge >= 0.3 is 0 Å². The van der Waals surface area contributed by atoms with Gasteiger partial charge in [-0.1, -0.05) is 0 Å². The Morgan fingerprint density at radius 1 is 1.50 bits per heavy atom. The van der Waals surface area contributed by atoms with Gasteiger partial charge in [0, 0.05) is 7.11 Å². The van der Waals surface area contributed by atoms with Crippen LogP contribution in [0.3, 0.4) is 0 Å². The summed E-state index contributed by atoms with van der Waals surface area (Å²) in [7, 11) is 1.55. The highest BCUT2D eigenvalue weighted by atomic mass is 19.1. The van der Waals surface area contributed by atoms with Gasteiger partial charge in [-0.2, -0.15) is 0 Å². The standard InChI is InChI=1S/C9H18FNO/c1-9(10,7-12-2)8-3-5-11-6-4-8/h8,11H,3-7H2,1-2H3. The van der Waals surface area contributed by atoms with Crippen LogP contribution in [0.1, 0.15) is 19.8 Å². The molecule has 12 heavy (non-hydrogen) atoms. The van der Waals surface area contributed by atoms with E-state index in [9.17, 15) is 4.39 Å². The summed E-state index contributed by atoms with van der Waals surface area (Å²) in [6.45, 7) is 3.74. The molecular weight excluding hydrogens is 157 g/mol. The Morgan fingerprint density at radius 3 is 2.58 bits per heavy atom. The molecule has 1 aliphatic rings. The zero-order valence-corrected chi connectivity index (χ0v) is 7.90. The van der Waals surface area contributed by atoms with Crippen LogP contribution in [0.4, 0.5) is 4.39 Å². The number of piperidine rings is 1. The molecule has 0 aromatic rings. The van der Waals surface area contributed by atoms with Crippen LogP contribution < -0.4 is 5.32 Å². The van der Waals surface area contributed by atoms with E-state index in [0.717, 1.165) is 25.9 Å². The number of ether oxygens (including phenoxy) is 1. The summed E-state index contributed by atoms with van der Waals surface area (Å²) in [5.74, 6) is 0.165. The van der Waals surface area contributed by atoms with Gasteiger partial charge in [0.1, 0.15) is 5.67 Å². The third-order valence-corrected chi connectivity index (χ3v) is 2.62. The maximum absolute atomic E-state index is 13.8. The number of rotatable bonds is 3. The van der Waals surface area contributed by atoms with E-state index in [4.69, 9.17) is 4.74 Å². The highest BCUT2D eigenvalue weighted by molar-refractivity contribution is 4.85. The lowest BCUT2D eigenvalue weighted by atomic mass is 9.84. The topological polar surface area (TPSA) is 21.3 Å². The summed E-state index contributed by atoms with van der Waals surface area (Å²) in [6.07, 6.45) is 1.85. The number of alkyl halides is 1. The number of methoxy groups -OCH3 is 1. The summed E-state index contributed by atoms with van der Waals surface area (Å²) < 4.78 is 18.7. The Hall–Kier alpha value is -0.150. The number of halogens is 1. The fraction of sp³-hybridized carbons (Fsp3) is 1.00. The van der Waals surface area contributed by atoms with E-state index < -0.39 is 5.67 Å². The van der Waals surface area contributed by atoms with Crippen LogP contribution in [0.2, 0.25) is 0 Å². The summed E-state index contributed by atoms with van der Waals surface area (Å²) in [5.41, 5.74) is -1.14. The molecule has 72 valence electrons. The van der Waals surface area contributed by atoms with Gasteiger partial charge in [-0.25, -0.2) is 4.39 Å². The molecule has 1 atom stereocenters. The van der Waals surface area contributed by atoms with Crippen molar-refractivity contribution in [1.29, 1.82) is 0 Å². The molecule has 1 N–H and O–H groups in total. The Kier molecular flexibility index (Phi) is 3.47. The molecule has 1 aliphatic heterocycles. The Labute approximate surface area is 73.5 Å². The van der Waals surface area contributed by atoms with Crippen LogP contribution in [-0.2, 0) is 4.74 Å². The molecule has 0 spiro atoms. The Balaban J connectivity index is 2.41. The molecule has 1 rings (SSSR count). The van der Waals surface area contributed by atoms with Gasteiger partial charge in [0.15, 0.2) is 0 Å². The van der Waals surface area contributed by atoms with Gasteiger partial charge in [-0.15, -0.1) is 0 Å². The monoisotopic (exact) mass is 175 g/mol. The minimum absolute atomic E-state index is 0.165. The molecule has 0 bridgehead atoms. The van der Waals surface area contributed by atoms with Crippen LogP contribution in [0.15, 0.2) is 0 Å². The van der Waals surface area contributed by atoms with E-state index in [1.165, 1.54) is 0 Å². The second-order valence-corrected chi connectivity index (χ2v) is 3.74. The maximum atomic E-state index is 13.8. The van der Waals surface area contributed by atoms with Gasteiger partial charge in [0.05, 0.1) is 6.61 Å². The fourth-order valence-corrected chi connectivity index (χ4v) is 1.82. The minimum Gasteiger partial charge on any atom is -0.381 e. The van der Waals surface area contributed by atoms with Crippen molar-refractivity contribution in [3.63, 3.8) is 0 Å². The minimum atomic E-state index is -1.14. The Bertz CT molecular complexity index is 132. The second kappa shape index (κ2) is 4.19. The molecule has 0 aromatic carbocycles. The SMILES string of the molecule is COCC(C)(F)C1CCNCC1. The summed E-state index contributed by atoms with van der Waals surface area (Å²) in [6, 6.07) is 0. The lowest BCUT2D eigenvalue weighted by molar-refractivity contribution is -0.00132. The molecule has 1 unspecified atom stereocenters. The zero-order valence-electron chi connectivity index (χ0n) is 7.90. The average molecular weight is 175 g/mol. The van der Waals surface area contributed by atoms with Crippen molar-refractivity contribution in [2.45, 2.75) is 25.4 Å². The van der Waals surface area contributed by atoms with Crippen molar-refractivity contribution in [3.05, 3.63) is 0 Å². The molecule has 0 aromatic heterocycles. The first-order valence-corrected chi connectivity index (χ1v) is 4.55. The predicted octanol–water partition coefficient (Wildman–Crippen LogP) is 1.36. The Morgan fingerprint density at radius 2 is 2.08 bits per heavy atom. The van der Waals surface area contributed by atoms with Crippen LogP contribution in [0.5, 0.6) is 0 Å². The van der Waals surface area contributed by atoms with Crippen LogP contribution in [-0.4, -0.2) is 32.5 Å². The third kappa shape index (κ3) is 2.42. The van der Waals surface area contributed by atoms with Gasteiger partial charge in [-0.3, -0.25) is 0 Å². The highest BCUT2D eigenvalue weighted by Crippen LogP contribution is 2.29. The molecule has 0 saturated carbocycles. The predicted molar refractivity (Wildman–Crippen MR) is 47.0 cm³/mol. The first-order chi connectivity index (χ1) is 5.67. The lowest BCUT2D eigenvalue weighted by Crippen LogP contribution is -2.41. The maximum Gasteiger partial charge on any atom is 0.134 e. The third-order valence-electron chi connectivity index (χ3n) is 2.62. The first-order valence-electron chi connectivity index (χ1n) is 4.55. The second-order valence-electron chi connectivity index (χ2n) is 3.74. The molecule has 1 heterocycles. The first kappa shape index (κ1) is 9.93. The number of hydrogen-bond acceptors (Lipinski definition) is 2. The normalized spacial score (nSPS) is 25.2. The molecule has 1 saturated heterocycles. The summed E-state index contributed by atoms with van der Waals surface area (Å²) in [4.78, 5) is 0. The molecule has 3 heteroatoms. The quantitative estimate of drug-likeness (QED) is 0.699. The van der Waals surface area contributed by atoms with Gasteiger partial charge in [0.25, 0.3) is 0 Å². The van der Waals surface area contributed by atoms with Gasteiger partial charge in [0.2, 0.25) is 0 Å². The highest BCUT2D eigenvalue weighted by Gasteiger charge is 2.34. The van der Waals surface area contributed by atoms with Crippen molar-refractivity contribution in [3.8, 4) is 0 Å². The molecule has 0 radical (unpaired) electrons. The van der Waals surface area contributed by atoms with Crippen LogP contribution in [0, 0.1) is 5.92 Å². The van der Waals surface area contributed by atoms with Gasteiger partial charge in [-0.05, 0) is 38.8 Å². The van der Waals surface area contributed by atoms with Crippen LogP contribution in [0.25, 0.3) is 0 Å². The smallest absolute Gasteiger partial charge is 0.134 e. The largest absolute Gasteiger partial charge is 0.381 e. The number of nitrogens with one attached hydrogen (secondary N) is 1. The molecular formula is C9H18FNO. The average Bonchev–Trinajstić information content (AvgIpc) is 2.06. The van der Waals surface area contributed by atoms with Crippen molar-refractivity contribution in [2.24, 2.45) is 5.92 Å². The molecule has 0 aliphatic carbocycles. The van der Waals surface area contributed by atoms with Crippen molar-refractivity contribution >= 4 is 0 Å². The van der Waals surface area contributed by atoms with Crippen molar-refractivity contribution in [2.75, 3.05) is 26.8 Å². The van der Waals surface area contributed by atoms with E-state index in [-0.39, 0.29) is 12.5 Å². The molecule has 2 nitrogen and oxygen atoms in total. The van der Waals surface area contributed by atoms with Gasteiger partial charge < -0.3 is 10.1 Å². The van der Waals surface area contributed by atoms with E-state index in [1.807, 2.05) is 0 Å². The number of hydrogen-bond donors (Lipinski definition) is 1. The summed E-state index contributed by atoms with van der Waals surface area (Å²) >= 11 is 0. The van der Waals surface area contributed by atoms with E-state index in [0.29, 0.717) is 0 Å². The van der Waals surface area contributed by atoms with Crippen molar-refractivity contribution in [1.82, 2.24) is 5.32 Å². The van der Waals surface area contributed by atoms with Crippen LogP contribution >= 0.6 is 0 Å². The van der Waals surface area contributed by atoms with Crippen molar-refractivity contribution < 1.29 is 9.13 Å².